The van der Waals surface area contributed by atoms with Gasteiger partial charge in [0.05, 0.1) is 16.9 Å². The number of para-hydroxylation sites is 1. The number of oxazole rings is 1. The number of aryl methyl sites for hydroxylation is 1. The fourth-order valence-corrected chi connectivity index (χ4v) is 1.32. The predicted octanol–water partition coefficient (Wildman–Crippen LogP) is 1.52. The first-order valence-electron chi connectivity index (χ1n) is 4.89. The van der Waals surface area contributed by atoms with Crippen molar-refractivity contribution in [2.24, 2.45) is 0 Å². The molecular formula is C11H11N3O3. The molecule has 0 saturated carbocycles. The van der Waals surface area contributed by atoms with Gasteiger partial charge in [0.25, 0.3) is 5.91 Å². The second-order valence-corrected chi connectivity index (χ2v) is 3.49. The molecule has 1 aromatic carbocycles. The van der Waals surface area contributed by atoms with Gasteiger partial charge in [-0.2, -0.15) is 4.98 Å². The minimum Gasteiger partial charge on any atom is -0.505 e. The molecular weight excluding hydrogens is 222 g/mol. The Morgan fingerprint density at radius 2 is 2.29 bits per heavy atom. The second kappa shape index (κ2) is 4.17. The molecule has 4 N–H and O–H groups in total. The van der Waals surface area contributed by atoms with Crippen LogP contribution in [0.25, 0.3) is 0 Å². The van der Waals surface area contributed by atoms with Crippen LogP contribution in [0.15, 0.2) is 28.9 Å². The molecule has 0 bridgehead atoms. The van der Waals surface area contributed by atoms with Crippen molar-refractivity contribution < 1.29 is 14.3 Å². The first-order valence-corrected chi connectivity index (χ1v) is 4.89. The van der Waals surface area contributed by atoms with Crippen molar-refractivity contribution in [3.05, 3.63) is 35.7 Å². The lowest BCUT2D eigenvalue weighted by molar-refractivity contribution is 0.102. The lowest BCUT2D eigenvalue weighted by Gasteiger charge is -2.05. The highest BCUT2D eigenvalue weighted by Crippen LogP contribution is 2.25. The van der Waals surface area contributed by atoms with Gasteiger partial charge in [-0.25, -0.2) is 0 Å². The summed E-state index contributed by atoms with van der Waals surface area (Å²) >= 11 is 0. The number of benzene rings is 1. The number of rotatable bonds is 2. The van der Waals surface area contributed by atoms with Crippen molar-refractivity contribution >= 4 is 17.6 Å². The molecule has 0 aliphatic heterocycles. The summed E-state index contributed by atoms with van der Waals surface area (Å²) in [6, 6.07) is 4.61. The number of amides is 1. The summed E-state index contributed by atoms with van der Waals surface area (Å²) in [6.07, 6.45) is 1.41. The summed E-state index contributed by atoms with van der Waals surface area (Å²) in [7, 11) is 0. The highest BCUT2D eigenvalue weighted by atomic mass is 16.4. The number of hydrogen-bond donors (Lipinski definition) is 3. The van der Waals surface area contributed by atoms with Crippen molar-refractivity contribution in [3.8, 4) is 5.75 Å². The molecule has 2 aromatic rings. The molecule has 1 amide bonds. The van der Waals surface area contributed by atoms with E-state index >= 15 is 0 Å². The molecule has 0 radical (unpaired) electrons. The third-order valence-electron chi connectivity index (χ3n) is 2.15. The molecule has 0 aliphatic carbocycles. The number of anilines is 2. The lowest BCUT2D eigenvalue weighted by atomic mass is 10.1. The Hall–Kier alpha value is -2.50. The SMILES string of the molecule is Cc1coc(NC(=O)c2cccc(N)c2O)n1. The summed E-state index contributed by atoms with van der Waals surface area (Å²) in [6.45, 7) is 1.73. The van der Waals surface area contributed by atoms with Gasteiger partial charge < -0.3 is 15.3 Å². The average molecular weight is 233 g/mol. The van der Waals surface area contributed by atoms with Gasteiger partial charge in [-0.1, -0.05) is 6.07 Å². The van der Waals surface area contributed by atoms with Crippen LogP contribution in [0.2, 0.25) is 0 Å². The highest BCUT2D eigenvalue weighted by Gasteiger charge is 2.14. The molecule has 6 heteroatoms. The summed E-state index contributed by atoms with van der Waals surface area (Å²) in [5.41, 5.74) is 6.35. The lowest BCUT2D eigenvalue weighted by Crippen LogP contribution is -2.12. The number of aromatic hydroxyl groups is 1. The van der Waals surface area contributed by atoms with E-state index in [1.165, 1.54) is 18.4 Å². The molecule has 6 nitrogen and oxygen atoms in total. The van der Waals surface area contributed by atoms with Gasteiger partial charge in [0.15, 0.2) is 5.75 Å². The number of nitrogen functional groups attached to an aromatic ring is 1. The maximum absolute atomic E-state index is 11.8. The first kappa shape index (κ1) is 11.0. The van der Waals surface area contributed by atoms with Gasteiger partial charge in [-0.05, 0) is 19.1 Å². The molecule has 17 heavy (non-hydrogen) atoms. The van der Waals surface area contributed by atoms with Crippen LogP contribution in [0.1, 0.15) is 16.1 Å². The Labute approximate surface area is 97.1 Å². The van der Waals surface area contributed by atoms with E-state index in [1.54, 1.807) is 13.0 Å². The van der Waals surface area contributed by atoms with E-state index < -0.39 is 5.91 Å². The Balaban J connectivity index is 2.23. The van der Waals surface area contributed by atoms with E-state index in [0.29, 0.717) is 5.69 Å². The Morgan fingerprint density at radius 3 is 2.94 bits per heavy atom. The van der Waals surface area contributed by atoms with Crippen LogP contribution < -0.4 is 11.1 Å². The van der Waals surface area contributed by atoms with E-state index in [-0.39, 0.29) is 23.0 Å². The van der Waals surface area contributed by atoms with Crippen LogP contribution in [0.5, 0.6) is 5.75 Å². The standard InChI is InChI=1S/C11H11N3O3/c1-6-5-17-11(13-6)14-10(16)7-3-2-4-8(12)9(7)15/h2-5,15H,12H2,1H3,(H,13,14,16). The number of nitrogens with one attached hydrogen (secondary N) is 1. The zero-order chi connectivity index (χ0) is 12.4. The molecule has 0 saturated heterocycles. The van der Waals surface area contributed by atoms with E-state index in [9.17, 15) is 9.90 Å². The van der Waals surface area contributed by atoms with Crippen molar-refractivity contribution in [3.63, 3.8) is 0 Å². The third-order valence-corrected chi connectivity index (χ3v) is 2.15. The predicted molar refractivity (Wildman–Crippen MR) is 61.7 cm³/mol. The molecule has 88 valence electrons. The van der Waals surface area contributed by atoms with Gasteiger partial charge in [-0.15, -0.1) is 0 Å². The zero-order valence-corrected chi connectivity index (χ0v) is 9.10. The average Bonchev–Trinajstić information content (AvgIpc) is 2.68. The van der Waals surface area contributed by atoms with Crippen LogP contribution in [-0.2, 0) is 0 Å². The van der Waals surface area contributed by atoms with E-state index in [4.69, 9.17) is 10.2 Å². The number of carbonyl (C=O) groups excluding carboxylic acids is 1. The van der Waals surface area contributed by atoms with Crippen LogP contribution >= 0.6 is 0 Å². The Morgan fingerprint density at radius 1 is 1.53 bits per heavy atom. The molecule has 1 aromatic heterocycles. The minimum absolute atomic E-state index is 0.0702. The maximum atomic E-state index is 11.8. The molecule has 0 unspecified atom stereocenters. The number of nitrogens with two attached hydrogens (primary N) is 1. The van der Waals surface area contributed by atoms with Crippen molar-refractivity contribution in [1.29, 1.82) is 0 Å². The van der Waals surface area contributed by atoms with Gasteiger partial charge in [-0.3, -0.25) is 10.1 Å². The maximum Gasteiger partial charge on any atom is 0.301 e. The third kappa shape index (κ3) is 2.20. The molecule has 0 spiro atoms. The van der Waals surface area contributed by atoms with E-state index in [0.717, 1.165) is 0 Å². The molecule has 2 rings (SSSR count). The van der Waals surface area contributed by atoms with Crippen molar-refractivity contribution in [1.82, 2.24) is 4.98 Å². The quantitative estimate of drug-likeness (QED) is 0.539. The smallest absolute Gasteiger partial charge is 0.301 e. The summed E-state index contributed by atoms with van der Waals surface area (Å²) < 4.78 is 4.97. The minimum atomic E-state index is -0.531. The van der Waals surface area contributed by atoms with E-state index in [2.05, 4.69) is 10.3 Å². The topological polar surface area (TPSA) is 101 Å². The molecule has 1 heterocycles. The fraction of sp³-hybridized carbons (Fsp3) is 0.0909. The van der Waals surface area contributed by atoms with Gasteiger partial charge >= 0.3 is 6.01 Å². The summed E-state index contributed by atoms with van der Waals surface area (Å²) in [4.78, 5) is 15.7. The molecule has 0 fully saturated rings. The van der Waals surface area contributed by atoms with Crippen LogP contribution in [0, 0.1) is 6.92 Å². The molecule has 0 aliphatic rings. The first-order chi connectivity index (χ1) is 8.08. The number of nitrogens with zero attached hydrogens (tertiary/aromatic N) is 1. The number of aromatic nitrogens is 1. The fourth-order valence-electron chi connectivity index (χ4n) is 1.32. The summed E-state index contributed by atoms with van der Waals surface area (Å²) in [5, 5.41) is 12.0. The van der Waals surface area contributed by atoms with Crippen molar-refractivity contribution in [2.75, 3.05) is 11.1 Å². The number of phenols is 1. The normalized spacial score (nSPS) is 10.2. The van der Waals surface area contributed by atoms with Crippen LogP contribution in [0.3, 0.4) is 0 Å². The number of carbonyl (C=O) groups is 1. The van der Waals surface area contributed by atoms with Gasteiger partial charge in [0.2, 0.25) is 0 Å². The van der Waals surface area contributed by atoms with Crippen LogP contribution in [-0.4, -0.2) is 16.0 Å². The largest absolute Gasteiger partial charge is 0.505 e. The van der Waals surface area contributed by atoms with Crippen LogP contribution in [0.4, 0.5) is 11.7 Å². The van der Waals surface area contributed by atoms with Crippen molar-refractivity contribution in [2.45, 2.75) is 6.92 Å². The van der Waals surface area contributed by atoms with Gasteiger partial charge in [0.1, 0.15) is 6.26 Å². The number of hydrogen-bond acceptors (Lipinski definition) is 5. The second-order valence-electron chi connectivity index (χ2n) is 3.49. The monoisotopic (exact) mass is 233 g/mol. The molecule has 0 atom stereocenters. The van der Waals surface area contributed by atoms with E-state index in [1.807, 2.05) is 0 Å². The zero-order valence-electron chi connectivity index (χ0n) is 9.10. The highest BCUT2D eigenvalue weighted by molar-refractivity contribution is 6.06. The van der Waals surface area contributed by atoms with Gasteiger partial charge in [0, 0.05) is 0 Å². The number of phenolic OH excluding ortho intramolecular Hbond substituents is 1. The Kier molecular flexibility index (Phi) is 2.70. The summed E-state index contributed by atoms with van der Waals surface area (Å²) in [5.74, 6) is -0.787. The Bertz CT molecular complexity index is 563.